The van der Waals surface area contributed by atoms with Gasteiger partial charge in [0, 0.05) is 6.07 Å². The van der Waals surface area contributed by atoms with Crippen LogP contribution >= 0.6 is 0 Å². The van der Waals surface area contributed by atoms with Crippen LogP contribution in [0.1, 0.15) is 20.8 Å². The molecule has 0 aliphatic heterocycles. The maximum atomic E-state index is 11.7. The largest absolute Gasteiger partial charge is 0.494 e. The minimum absolute atomic E-state index is 0.332. The van der Waals surface area contributed by atoms with E-state index in [1.807, 2.05) is 0 Å². The number of ether oxygens (including phenoxy) is 2. The molecule has 1 atom stereocenters. The lowest BCUT2D eigenvalue weighted by molar-refractivity contribution is -0.137. The van der Waals surface area contributed by atoms with Crippen molar-refractivity contribution < 1.29 is 34.4 Å². The van der Waals surface area contributed by atoms with Crippen LogP contribution < -0.4 is 10.1 Å². The lowest BCUT2D eigenvalue weighted by Gasteiger charge is -2.21. The number of hydrogen-bond donors (Lipinski definition) is 5. The lowest BCUT2D eigenvalue weighted by atomic mass is 10.2. The van der Waals surface area contributed by atoms with Gasteiger partial charge in [0.15, 0.2) is 17.7 Å². The molecule has 0 aliphatic carbocycles. The van der Waals surface area contributed by atoms with Gasteiger partial charge in [-0.3, -0.25) is 4.98 Å². The van der Waals surface area contributed by atoms with Crippen molar-refractivity contribution in [1.29, 1.82) is 0 Å². The van der Waals surface area contributed by atoms with Crippen LogP contribution in [-0.2, 0) is 9.53 Å². The molecule has 0 saturated carbocycles. The van der Waals surface area contributed by atoms with Crippen molar-refractivity contribution in [3.8, 4) is 17.5 Å². The number of hydrogen-bond acceptors (Lipinski definition) is 7. The first-order chi connectivity index (χ1) is 9.62. The number of H-pyrrole nitrogens is 1. The van der Waals surface area contributed by atoms with Gasteiger partial charge in [0.25, 0.3) is 0 Å². The fourth-order valence-corrected chi connectivity index (χ4v) is 1.30. The molecule has 1 rings (SSSR count). The fraction of sp³-hybridized carbons (Fsp3) is 0.500. The molecule has 5 N–H and O–H groups in total. The lowest BCUT2D eigenvalue weighted by Crippen LogP contribution is -2.47. The molecule has 9 heteroatoms. The molecular weight excluding hydrogens is 284 g/mol. The fourth-order valence-electron chi connectivity index (χ4n) is 1.30. The van der Waals surface area contributed by atoms with Crippen LogP contribution in [0.3, 0.4) is 0 Å². The van der Waals surface area contributed by atoms with Crippen LogP contribution in [0.4, 0.5) is 4.79 Å². The van der Waals surface area contributed by atoms with Gasteiger partial charge in [-0.15, -0.1) is 0 Å². The van der Waals surface area contributed by atoms with E-state index in [1.54, 1.807) is 20.8 Å². The summed E-state index contributed by atoms with van der Waals surface area (Å²) in [6.45, 7) is 4.19. The number of aliphatic hydroxyl groups is 1. The minimum Gasteiger partial charge on any atom is -0.494 e. The number of aromatic amines is 1. The van der Waals surface area contributed by atoms with Crippen molar-refractivity contribution in [3.63, 3.8) is 0 Å². The quantitative estimate of drug-likeness (QED) is 0.501. The van der Waals surface area contributed by atoms with E-state index in [-0.39, 0.29) is 5.75 Å². The zero-order chi connectivity index (χ0) is 16.2. The molecule has 0 radical (unpaired) electrons. The molecule has 0 saturated heterocycles. The molecule has 1 aromatic heterocycles. The Morgan fingerprint density at radius 1 is 1.38 bits per heavy atom. The highest BCUT2D eigenvalue weighted by Crippen LogP contribution is 2.29. The topological polar surface area (TPSA) is 141 Å². The first-order valence-electron chi connectivity index (χ1n) is 6.05. The highest BCUT2D eigenvalue weighted by atomic mass is 16.6. The zero-order valence-electron chi connectivity index (χ0n) is 11.8. The van der Waals surface area contributed by atoms with Gasteiger partial charge >= 0.3 is 12.1 Å². The molecule has 1 amide bonds. The summed E-state index contributed by atoms with van der Waals surface area (Å²) in [6, 6.07) is -0.411. The molecular formula is C12H18N2O7. The van der Waals surface area contributed by atoms with Gasteiger partial charge in [0.2, 0.25) is 5.88 Å². The SMILES string of the molecule is CC(C)(C)OC(=O)N[C@@H](CO)C(=O)Oc1cc(O)[nH]c1O. The van der Waals surface area contributed by atoms with Gasteiger partial charge in [0.1, 0.15) is 5.60 Å². The molecule has 0 unspecified atom stereocenters. The number of aliphatic hydroxyl groups excluding tert-OH is 1. The maximum absolute atomic E-state index is 11.7. The molecule has 0 fully saturated rings. The van der Waals surface area contributed by atoms with Crippen molar-refractivity contribution in [2.75, 3.05) is 6.61 Å². The van der Waals surface area contributed by atoms with Crippen LogP contribution in [0, 0.1) is 0 Å². The second kappa shape index (κ2) is 6.35. The Hall–Kier alpha value is -2.42. The van der Waals surface area contributed by atoms with Crippen LogP contribution in [-0.4, -0.2) is 50.6 Å². The number of aromatic nitrogens is 1. The van der Waals surface area contributed by atoms with Crippen LogP contribution in [0.5, 0.6) is 17.5 Å². The van der Waals surface area contributed by atoms with Crippen molar-refractivity contribution in [1.82, 2.24) is 10.3 Å². The number of carbonyl (C=O) groups excluding carboxylic acids is 2. The van der Waals surface area contributed by atoms with Gasteiger partial charge in [-0.25, -0.2) is 9.59 Å². The third-order valence-corrected chi connectivity index (χ3v) is 2.12. The van der Waals surface area contributed by atoms with E-state index in [2.05, 4.69) is 10.3 Å². The third kappa shape index (κ3) is 5.22. The average molecular weight is 302 g/mol. The van der Waals surface area contributed by atoms with E-state index in [1.165, 1.54) is 0 Å². The maximum Gasteiger partial charge on any atom is 0.408 e. The first kappa shape index (κ1) is 16.6. The normalized spacial score (nSPS) is 12.6. The average Bonchev–Trinajstić information content (AvgIpc) is 2.62. The summed E-state index contributed by atoms with van der Waals surface area (Å²) in [6.07, 6.45) is -0.903. The number of esters is 1. The molecule has 0 aliphatic rings. The van der Waals surface area contributed by atoms with Crippen molar-refractivity contribution in [3.05, 3.63) is 6.07 Å². The van der Waals surface area contributed by atoms with Crippen LogP contribution in [0.2, 0.25) is 0 Å². The minimum atomic E-state index is -1.38. The van der Waals surface area contributed by atoms with Crippen molar-refractivity contribution in [2.24, 2.45) is 0 Å². The Balaban J connectivity index is 2.65. The molecule has 1 heterocycles. The van der Waals surface area contributed by atoms with E-state index in [4.69, 9.17) is 19.7 Å². The predicted molar refractivity (Wildman–Crippen MR) is 70.0 cm³/mol. The van der Waals surface area contributed by atoms with E-state index < -0.39 is 42.1 Å². The number of amides is 1. The Morgan fingerprint density at radius 2 is 2.00 bits per heavy atom. The van der Waals surface area contributed by atoms with E-state index in [9.17, 15) is 14.7 Å². The van der Waals surface area contributed by atoms with Gasteiger partial charge in [0.05, 0.1) is 6.61 Å². The molecule has 9 nitrogen and oxygen atoms in total. The summed E-state index contributed by atoms with van der Waals surface area (Å²) in [5, 5.41) is 29.6. The second-order valence-electron chi connectivity index (χ2n) is 5.17. The summed E-state index contributed by atoms with van der Waals surface area (Å²) in [7, 11) is 0. The predicted octanol–water partition coefficient (Wildman–Crippen LogP) is 0.217. The summed E-state index contributed by atoms with van der Waals surface area (Å²) >= 11 is 0. The number of alkyl carbamates (subject to hydrolysis) is 1. The summed E-state index contributed by atoms with van der Waals surface area (Å²) < 4.78 is 9.67. The molecule has 118 valence electrons. The first-order valence-corrected chi connectivity index (χ1v) is 6.05. The van der Waals surface area contributed by atoms with Crippen molar-refractivity contribution in [2.45, 2.75) is 32.4 Å². The van der Waals surface area contributed by atoms with Gasteiger partial charge in [-0.2, -0.15) is 0 Å². The van der Waals surface area contributed by atoms with E-state index in [0.29, 0.717) is 0 Å². The van der Waals surface area contributed by atoms with Gasteiger partial charge in [-0.1, -0.05) is 0 Å². The van der Waals surface area contributed by atoms with Crippen molar-refractivity contribution >= 4 is 12.1 Å². The summed E-state index contributed by atoms with van der Waals surface area (Å²) in [5.41, 5.74) is -0.765. The summed E-state index contributed by atoms with van der Waals surface area (Å²) in [4.78, 5) is 25.4. The second-order valence-corrected chi connectivity index (χ2v) is 5.17. The van der Waals surface area contributed by atoms with Crippen LogP contribution in [0.15, 0.2) is 6.07 Å². The molecule has 0 bridgehead atoms. The Morgan fingerprint density at radius 3 is 2.43 bits per heavy atom. The highest BCUT2D eigenvalue weighted by Gasteiger charge is 2.26. The Kier molecular flexibility index (Phi) is 5.03. The summed E-state index contributed by atoms with van der Waals surface area (Å²) in [5.74, 6) is -2.33. The number of rotatable bonds is 4. The van der Waals surface area contributed by atoms with E-state index >= 15 is 0 Å². The van der Waals surface area contributed by atoms with Gasteiger partial charge in [-0.05, 0) is 20.8 Å². The van der Waals surface area contributed by atoms with Gasteiger partial charge < -0.3 is 30.1 Å². The third-order valence-electron chi connectivity index (χ3n) is 2.12. The van der Waals surface area contributed by atoms with Crippen LogP contribution in [0.25, 0.3) is 0 Å². The molecule has 21 heavy (non-hydrogen) atoms. The highest BCUT2D eigenvalue weighted by molar-refractivity contribution is 5.83. The number of nitrogens with one attached hydrogen (secondary N) is 2. The standard InChI is InChI=1S/C12H18N2O7/c1-12(2,3)21-11(19)13-6(5-15)10(18)20-7-4-8(16)14-9(7)17/h4,6,14-17H,5H2,1-3H3,(H,13,19)/t6-/m0/s1. The monoisotopic (exact) mass is 302 g/mol. The zero-order valence-corrected chi connectivity index (χ0v) is 11.8. The number of aromatic hydroxyl groups is 2. The number of carbonyl (C=O) groups is 2. The molecule has 1 aromatic rings. The Bertz CT molecular complexity index is 518. The van der Waals surface area contributed by atoms with E-state index in [0.717, 1.165) is 6.07 Å². The Labute approximate surface area is 120 Å². The molecule has 0 spiro atoms. The smallest absolute Gasteiger partial charge is 0.408 e. The molecule has 0 aromatic carbocycles.